The number of ether oxygens (including phenoxy) is 2. The average molecular weight is 1790 g/mol. The predicted octanol–water partition coefficient (Wildman–Crippen LogP) is 16.7. The molecule has 2 rings (SSSR count). The van der Waals surface area contributed by atoms with Crippen LogP contribution >= 0.6 is 69.5 Å². The van der Waals surface area contributed by atoms with Gasteiger partial charge in [-0.25, -0.2) is 18.4 Å². The zero-order valence-corrected chi connectivity index (χ0v) is 88.2. The summed E-state index contributed by atoms with van der Waals surface area (Å²) in [5.74, 6) is 5.38. The van der Waals surface area contributed by atoms with E-state index in [1.54, 1.807) is 112 Å². The van der Waals surface area contributed by atoms with Gasteiger partial charge in [-0.2, -0.15) is 38.8 Å². The number of esters is 1. The SMILES string of the molecule is C.CC.CC#CC.CC(=O)N(C)C.CC(C)(C)C.CC(C)=C(C)C.CC(C)=O.CC(C)=S.CN(C)C.CN(C)N(C)C.CN=NC.COC.COC(C)=O.COS(=O)(=O)OC.COS(C)(=O)=O.CO[Si](C)(C)C.CS(C)(=O)=O.CS(C)=O.CSC.CSC(=S)N(C)C.CSSC.Cc1ccccc1.Cc1cn(C)nn1. The van der Waals surface area contributed by atoms with E-state index in [9.17, 15) is 43.8 Å². The van der Waals surface area contributed by atoms with Crippen molar-refractivity contribution in [2.75, 3.05) is 204 Å². The topological polar surface area (TPSA) is 298 Å². The standard InChI is InChI=1S/C7H8.C6H12.C5H12.C4H7N3.C4H12N2.C4H9NO.C4H9NS2.C4H12OSi.C4H6.C3H9N.C3H6O2.C3H6O.C3H6S.C2H6N2.C2H6O4S.C2H6O3S.C2H6O2S.C2H6OS.C2H6O.C2H6S2.C2H6S.C2H6.CH4/c1-7-5-3-2-4-6-7;1-5(2)6(3)4;1-5(2,3)4;1-4-3-7(2)6-5-4;1-5(2)6(3)4;1-4(6)5(2)3;1-5(2)4(6)7-3;1-5-6(2,3)4;1-3-4-2;1-4(2)3;1-3(4)5-2;2*1-3(2)4;1-3-4-2;1-5-7(3,4)6-2;1-5-6(2,3)4;1-5(2,3)4;1-4(2)3;1-3-2;1-3-4-2;1-3-2;1-2;/h2-6H,1H3;1-4H3;1-4H3;3H,1-2H3;1-4H3;1-3H3;1-3H3;1-4H3;1-2H3;1-3H3;1-2H3;3*1-2H3;1-2H3;1-2H3;1-2H3;1-2H3;1-2H3;1-2H3;1-2H3;1-2H3;1H4. The Labute approximate surface area is 713 Å². The van der Waals surface area contributed by atoms with Crippen LogP contribution in [-0.2, 0) is 89.0 Å². The molecule has 0 aliphatic heterocycles. The molecule has 26 nitrogen and oxygen atoms in total. The second-order valence-corrected chi connectivity index (χ2v) is 41.7. The lowest BCUT2D eigenvalue weighted by molar-refractivity contribution is -0.138. The van der Waals surface area contributed by atoms with Gasteiger partial charge in [0.25, 0.3) is 10.1 Å². The minimum absolute atomic E-state index is 0. The number of nitrogens with zero attached hydrogens (tertiary/aromatic N) is 10. The number of allylic oxidation sites excluding steroid dienone is 2. The number of ketones is 1. The summed E-state index contributed by atoms with van der Waals surface area (Å²) < 4.78 is 95.8. The third-order valence-corrected chi connectivity index (χ3v) is 12.4. The average Bonchev–Trinajstić information content (AvgIpc) is 1.90. The Morgan fingerprint density at radius 2 is 0.818 bits per heavy atom. The number of aromatic nitrogens is 3. The summed E-state index contributed by atoms with van der Waals surface area (Å²) in [6, 6.07) is 10.3. The molecule has 0 bridgehead atoms. The normalized spacial score (nSPS) is 8.82. The predicted molar refractivity (Wildman–Crippen MR) is 510 cm³/mol. The lowest BCUT2D eigenvalue weighted by atomic mass is 10.0. The van der Waals surface area contributed by atoms with E-state index >= 15 is 0 Å². The van der Waals surface area contributed by atoms with Crippen LogP contribution < -0.4 is 0 Å². The number of hydrazine groups is 1. The number of amides is 1. The van der Waals surface area contributed by atoms with Crippen molar-refractivity contribution in [3.63, 3.8) is 0 Å². The van der Waals surface area contributed by atoms with Crippen molar-refractivity contribution >= 4 is 146 Å². The molecule has 0 aliphatic carbocycles. The summed E-state index contributed by atoms with van der Waals surface area (Å²) in [5, 5.41) is 18.1. The molecule has 0 aliphatic rings. The second kappa shape index (κ2) is 124. The number of thiocarbonyl (C=S) groups is 2. The first-order valence-electron chi connectivity index (χ1n) is 32.6. The number of sulfone groups is 1. The quantitative estimate of drug-likeness (QED) is 0.0299. The molecule has 0 radical (unpaired) electrons. The van der Waals surface area contributed by atoms with Gasteiger partial charge in [0.1, 0.15) is 19.9 Å². The van der Waals surface area contributed by atoms with E-state index in [0.717, 1.165) is 55.0 Å². The molecule has 674 valence electrons. The number of methoxy groups -OCH3 is 2. The summed E-state index contributed by atoms with van der Waals surface area (Å²) in [4.78, 5) is 35.5. The van der Waals surface area contributed by atoms with Gasteiger partial charge in [0.2, 0.25) is 5.91 Å². The number of hydrogen-bond donors (Lipinski definition) is 0. The molecule has 110 heavy (non-hydrogen) atoms. The van der Waals surface area contributed by atoms with Crippen LogP contribution in [0.5, 0.6) is 0 Å². The van der Waals surface area contributed by atoms with Crippen molar-refractivity contribution in [2.45, 2.75) is 166 Å². The van der Waals surface area contributed by atoms with E-state index in [4.69, 9.17) is 16.6 Å². The van der Waals surface area contributed by atoms with Gasteiger partial charge >= 0.3 is 16.4 Å². The van der Waals surface area contributed by atoms with Gasteiger partial charge in [0.15, 0.2) is 8.32 Å². The Morgan fingerprint density at radius 3 is 0.845 bits per heavy atom. The van der Waals surface area contributed by atoms with Crippen LogP contribution in [0.4, 0.5) is 0 Å². The minimum Gasteiger partial charge on any atom is -0.469 e. The van der Waals surface area contributed by atoms with E-state index < -0.39 is 49.5 Å². The third-order valence-electron chi connectivity index (χ3n) is 6.85. The number of aryl methyl sites for hydroxylation is 3. The Balaban J connectivity index is -0.0000000399. The zero-order valence-electron chi connectivity index (χ0n) is 79.1. The van der Waals surface area contributed by atoms with Crippen LogP contribution in [0, 0.1) is 31.1 Å². The van der Waals surface area contributed by atoms with Crippen LogP contribution in [0.2, 0.25) is 19.6 Å². The number of azo groups is 1. The smallest absolute Gasteiger partial charge is 0.399 e. The Hall–Kier alpha value is -2.85. The summed E-state index contributed by atoms with van der Waals surface area (Å²) in [7, 11) is 28.3. The first kappa shape index (κ1) is 163. The highest BCUT2D eigenvalue weighted by molar-refractivity contribution is 8.76. The highest BCUT2D eigenvalue weighted by atomic mass is 33.1. The highest BCUT2D eigenvalue weighted by Crippen LogP contribution is 2.09. The first-order valence-corrected chi connectivity index (χ1v) is 50.1. The fourth-order valence-corrected chi connectivity index (χ4v) is 1.75. The van der Waals surface area contributed by atoms with Gasteiger partial charge in [-0.3, -0.25) is 31.0 Å². The lowest BCUT2D eigenvalue weighted by Crippen LogP contribution is -2.28. The minimum atomic E-state index is -3.66. The van der Waals surface area contributed by atoms with Gasteiger partial charge in [-0.1, -0.05) is 147 Å². The largest absolute Gasteiger partial charge is 0.469 e. The number of hydrogen-bond acceptors (Lipinski definition) is 29. The van der Waals surface area contributed by atoms with Crippen LogP contribution in [0.25, 0.3) is 0 Å². The van der Waals surface area contributed by atoms with Crippen LogP contribution in [0.3, 0.4) is 0 Å². The molecule has 0 spiro atoms. The molecule has 2 aromatic rings. The summed E-state index contributed by atoms with van der Waals surface area (Å²) in [6.45, 7) is 45.1. The van der Waals surface area contributed by atoms with Crippen molar-refractivity contribution in [1.29, 1.82) is 0 Å². The monoisotopic (exact) mass is 1790 g/mol. The van der Waals surface area contributed by atoms with Crippen molar-refractivity contribution in [3.05, 3.63) is 58.9 Å². The van der Waals surface area contributed by atoms with E-state index in [1.807, 2.05) is 182 Å². The van der Waals surface area contributed by atoms with E-state index in [-0.39, 0.29) is 25.1 Å². The molecule has 37 heteroatoms. The molecule has 0 atom stereocenters. The Morgan fingerprint density at radius 1 is 0.609 bits per heavy atom. The molecule has 1 amide bonds. The second-order valence-electron chi connectivity index (χ2n) is 24.4. The summed E-state index contributed by atoms with van der Waals surface area (Å²) in [5.41, 5.74) is 5.63. The maximum absolute atomic E-state index is 10.1. The maximum atomic E-state index is 10.1. The van der Waals surface area contributed by atoms with Crippen LogP contribution in [0.1, 0.15) is 143 Å². The van der Waals surface area contributed by atoms with Gasteiger partial charge in [-0.15, -0.1) is 28.7 Å². The molecular weight excluding hydrogens is 1620 g/mol. The zero-order chi connectivity index (χ0) is 93.3. The number of carbonyl (C=O) groups is 3. The van der Waals surface area contributed by atoms with Crippen molar-refractivity contribution in [2.24, 2.45) is 22.7 Å². The third kappa shape index (κ3) is 472. The number of benzene rings is 1. The molecule has 0 unspecified atom stereocenters. The maximum Gasteiger partial charge on any atom is 0.399 e. The number of thioether (sulfide) groups is 2. The highest BCUT2D eigenvalue weighted by Gasteiger charge is 2.09. The molecule has 1 aromatic carbocycles. The molecule has 0 saturated carbocycles. The fraction of sp³-hybridized carbons (Fsp3) is 0.767. The number of Topliss-reactive ketones (excluding diaryl/α,β-unsaturated/α-hetero) is 1. The van der Waals surface area contributed by atoms with E-state index in [1.165, 1.54) is 56.4 Å². The Kier molecular flexibility index (Phi) is 184. The first-order chi connectivity index (χ1) is 48.8. The van der Waals surface area contributed by atoms with Crippen LogP contribution in [-0.4, -0.2) is 308 Å². The molecule has 1 aromatic heterocycles. The number of rotatable bonds is 6. The van der Waals surface area contributed by atoms with Crippen molar-refractivity contribution < 1.29 is 70.3 Å². The van der Waals surface area contributed by atoms with Gasteiger partial charge < -0.3 is 33.4 Å². The van der Waals surface area contributed by atoms with Crippen molar-refractivity contribution in [1.82, 2.24) is 39.7 Å². The van der Waals surface area contributed by atoms with Crippen LogP contribution in [0.15, 0.2) is 57.9 Å². The van der Waals surface area contributed by atoms with E-state index in [2.05, 4.69) is 173 Å². The summed E-state index contributed by atoms with van der Waals surface area (Å²) >= 11 is 12.7. The van der Waals surface area contributed by atoms with Crippen molar-refractivity contribution in [3.8, 4) is 11.8 Å². The number of carbonyl (C=O) groups excluding carboxylic acids is 3. The van der Waals surface area contributed by atoms with Gasteiger partial charge in [0.05, 0.1) is 40.4 Å². The Bertz CT molecular complexity index is 2550. The fourth-order valence-electron chi connectivity index (χ4n) is 1.25. The molecule has 1 heterocycles. The van der Waals surface area contributed by atoms with E-state index in [0.29, 0.717) is 5.41 Å². The van der Waals surface area contributed by atoms with Gasteiger partial charge in [0, 0.05) is 155 Å². The molecule has 0 saturated heterocycles. The lowest BCUT2D eigenvalue weighted by Gasteiger charge is -2.17. The molecule has 0 fully saturated rings. The molecule has 0 N–H and O–H groups in total. The van der Waals surface area contributed by atoms with Gasteiger partial charge in [-0.05, 0) is 165 Å². The molecular formula is C73H172N10O16S10Si. The summed E-state index contributed by atoms with van der Waals surface area (Å²) in [6.07, 6.45) is 18.6.